The summed E-state index contributed by atoms with van der Waals surface area (Å²) < 4.78 is 24.7. The van der Waals surface area contributed by atoms with Crippen molar-refractivity contribution in [1.29, 1.82) is 0 Å². The molecule has 4 rings (SSSR count). The standard InChI is InChI=1S/C22H21ClN4O3S2/c1-13(16-5-9-18(10-6-16)32(24,29)30)25-21(28)20-11-19-14(2)26-27(22(19)31-20)12-15-3-7-17(23)8-4-15/h3-11,13H,12H2,1-2H3,(H,25,28)(H2,24,29,30). The zero-order chi connectivity index (χ0) is 23.0. The van der Waals surface area contributed by atoms with E-state index in [9.17, 15) is 13.2 Å². The molecule has 32 heavy (non-hydrogen) atoms. The smallest absolute Gasteiger partial charge is 0.261 e. The monoisotopic (exact) mass is 488 g/mol. The molecule has 4 aromatic rings. The maximum atomic E-state index is 12.9. The number of halogens is 1. The number of rotatable bonds is 6. The predicted octanol–water partition coefficient (Wildman–Crippen LogP) is 4.25. The number of hydrogen-bond donors (Lipinski definition) is 2. The first-order valence-electron chi connectivity index (χ1n) is 9.77. The van der Waals surface area contributed by atoms with Crippen molar-refractivity contribution in [2.45, 2.75) is 31.3 Å². The van der Waals surface area contributed by atoms with Crippen LogP contribution in [0, 0.1) is 6.92 Å². The Kier molecular flexibility index (Phi) is 6.09. The van der Waals surface area contributed by atoms with Crippen LogP contribution in [0.15, 0.2) is 59.5 Å². The SMILES string of the molecule is Cc1nn(Cc2ccc(Cl)cc2)c2sc(C(=O)NC(C)c3ccc(S(N)(=O)=O)cc3)cc12. The maximum Gasteiger partial charge on any atom is 0.261 e. The van der Waals surface area contributed by atoms with Crippen molar-refractivity contribution >= 4 is 49.1 Å². The van der Waals surface area contributed by atoms with Gasteiger partial charge in [-0.15, -0.1) is 11.3 Å². The van der Waals surface area contributed by atoms with Gasteiger partial charge in [-0.1, -0.05) is 35.9 Å². The van der Waals surface area contributed by atoms with Crippen LogP contribution in [0.5, 0.6) is 0 Å². The molecule has 2 aromatic heterocycles. The molecule has 1 unspecified atom stereocenters. The third-order valence-corrected chi connectivity index (χ3v) is 7.46. The van der Waals surface area contributed by atoms with E-state index in [0.29, 0.717) is 16.4 Å². The quantitative estimate of drug-likeness (QED) is 0.423. The molecule has 2 aromatic carbocycles. The van der Waals surface area contributed by atoms with Gasteiger partial charge in [-0.3, -0.25) is 9.48 Å². The Balaban J connectivity index is 1.53. The Morgan fingerprint density at radius 1 is 1.19 bits per heavy atom. The third-order valence-electron chi connectivity index (χ3n) is 5.13. The summed E-state index contributed by atoms with van der Waals surface area (Å²) in [4.78, 5) is 14.4. The second-order valence-electron chi connectivity index (χ2n) is 7.51. The minimum atomic E-state index is -3.75. The number of nitrogens with zero attached hydrogens (tertiary/aromatic N) is 2. The summed E-state index contributed by atoms with van der Waals surface area (Å²) in [5.41, 5.74) is 2.70. The molecule has 10 heteroatoms. The molecule has 0 saturated heterocycles. The van der Waals surface area contributed by atoms with Gasteiger partial charge >= 0.3 is 0 Å². The molecule has 0 aliphatic carbocycles. The highest BCUT2D eigenvalue weighted by atomic mass is 35.5. The largest absolute Gasteiger partial charge is 0.345 e. The summed E-state index contributed by atoms with van der Waals surface area (Å²) in [5.74, 6) is -0.202. The van der Waals surface area contributed by atoms with E-state index in [1.54, 1.807) is 12.1 Å². The Hall–Kier alpha value is -2.72. The number of nitrogens with one attached hydrogen (secondary N) is 1. The van der Waals surface area contributed by atoms with Gasteiger partial charge in [0.1, 0.15) is 4.83 Å². The number of carbonyl (C=O) groups is 1. The van der Waals surface area contributed by atoms with Crippen LogP contribution in [0.3, 0.4) is 0 Å². The van der Waals surface area contributed by atoms with E-state index in [1.165, 1.54) is 23.5 Å². The molecule has 2 heterocycles. The first-order valence-corrected chi connectivity index (χ1v) is 12.5. The Labute approximate surface area is 194 Å². The zero-order valence-electron chi connectivity index (χ0n) is 17.4. The summed E-state index contributed by atoms with van der Waals surface area (Å²) in [5, 5.41) is 14.3. The Bertz CT molecular complexity index is 1390. The van der Waals surface area contributed by atoms with Crippen LogP contribution in [0.2, 0.25) is 5.02 Å². The second-order valence-corrected chi connectivity index (χ2v) is 10.5. The fourth-order valence-corrected chi connectivity index (χ4v) is 5.10. The van der Waals surface area contributed by atoms with Gasteiger partial charge < -0.3 is 5.32 Å². The molecule has 0 bridgehead atoms. The molecule has 0 spiro atoms. The van der Waals surface area contributed by atoms with Crippen LogP contribution in [0.4, 0.5) is 0 Å². The van der Waals surface area contributed by atoms with Gasteiger partial charge in [0.05, 0.1) is 28.1 Å². The van der Waals surface area contributed by atoms with Gasteiger partial charge in [-0.2, -0.15) is 5.10 Å². The number of nitrogens with two attached hydrogens (primary N) is 1. The van der Waals surface area contributed by atoms with Gasteiger partial charge in [0.15, 0.2) is 0 Å². The van der Waals surface area contributed by atoms with Crippen molar-refractivity contribution in [3.05, 3.63) is 81.3 Å². The van der Waals surface area contributed by atoms with Crippen molar-refractivity contribution in [1.82, 2.24) is 15.1 Å². The topological polar surface area (TPSA) is 107 Å². The summed E-state index contributed by atoms with van der Waals surface area (Å²) >= 11 is 7.35. The van der Waals surface area contributed by atoms with E-state index in [0.717, 1.165) is 27.0 Å². The van der Waals surface area contributed by atoms with Crippen LogP contribution in [-0.4, -0.2) is 24.1 Å². The highest BCUT2D eigenvalue weighted by molar-refractivity contribution is 7.89. The molecule has 0 fully saturated rings. The van der Waals surface area contributed by atoms with E-state index in [-0.39, 0.29) is 16.8 Å². The number of sulfonamides is 1. The molecule has 3 N–H and O–H groups in total. The van der Waals surface area contributed by atoms with E-state index >= 15 is 0 Å². The predicted molar refractivity (Wildman–Crippen MR) is 127 cm³/mol. The van der Waals surface area contributed by atoms with Crippen LogP contribution < -0.4 is 10.5 Å². The molecule has 0 aliphatic rings. The van der Waals surface area contributed by atoms with E-state index < -0.39 is 10.0 Å². The average molecular weight is 489 g/mol. The number of fused-ring (bicyclic) bond motifs is 1. The van der Waals surface area contributed by atoms with Crippen LogP contribution in [0.1, 0.15) is 39.5 Å². The number of primary sulfonamides is 1. The lowest BCUT2D eigenvalue weighted by Gasteiger charge is -2.14. The van der Waals surface area contributed by atoms with Crippen LogP contribution in [0.25, 0.3) is 10.2 Å². The lowest BCUT2D eigenvalue weighted by atomic mass is 10.1. The Morgan fingerprint density at radius 2 is 1.84 bits per heavy atom. The maximum absolute atomic E-state index is 12.9. The zero-order valence-corrected chi connectivity index (χ0v) is 19.8. The summed E-state index contributed by atoms with van der Waals surface area (Å²) in [6, 6.07) is 15.3. The van der Waals surface area contributed by atoms with Crippen molar-refractivity contribution in [2.24, 2.45) is 5.14 Å². The number of carbonyl (C=O) groups excluding carboxylic acids is 1. The van der Waals surface area contributed by atoms with Gasteiger partial charge in [0.2, 0.25) is 10.0 Å². The van der Waals surface area contributed by atoms with Crippen LogP contribution >= 0.6 is 22.9 Å². The molecule has 1 atom stereocenters. The molecule has 0 saturated carbocycles. The van der Waals surface area contributed by atoms with E-state index in [1.807, 2.05) is 48.9 Å². The Morgan fingerprint density at radius 3 is 2.47 bits per heavy atom. The number of thiophene rings is 1. The van der Waals surface area contributed by atoms with Crippen molar-refractivity contribution in [2.75, 3.05) is 0 Å². The van der Waals surface area contributed by atoms with Gasteiger partial charge in [-0.05, 0) is 55.3 Å². The van der Waals surface area contributed by atoms with Crippen molar-refractivity contribution in [3.8, 4) is 0 Å². The number of benzene rings is 2. The second kappa shape index (κ2) is 8.67. The number of aromatic nitrogens is 2. The van der Waals surface area contributed by atoms with Crippen LogP contribution in [-0.2, 0) is 16.6 Å². The summed E-state index contributed by atoms with van der Waals surface area (Å²) in [6.45, 7) is 4.34. The molecule has 7 nitrogen and oxygen atoms in total. The van der Waals surface area contributed by atoms with Crippen molar-refractivity contribution < 1.29 is 13.2 Å². The van der Waals surface area contributed by atoms with Crippen molar-refractivity contribution in [3.63, 3.8) is 0 Å². The molecule has 0 radical (unpaired) electrons. The first-order chi connectivity index (χ1) is 15.1. The van der Waals surface area contributed by atoms with E-state index in [2.05, 4.69) is 10.4 Å². The van der Waals surface area contributed by atoms with E-state index in [4.69, 9.17) is 16.7 Å². The third kappa shape index (κ3) is 4.71. The highest BCUT2D eigenvalue weighted by Crippen LogP contribution is 2.29. The fraction of sp³-hybridized carbons (Fsp3) is 0.182. The van der Waals surface area contributed by atoms with Gasteiger partial charge in [-0.25, -0.2) is 13.6 Å². The fourth-order valence-electron chi connectivity index (χ4n) is 3.39. The minimum Gasteiger partial charge on any atom is -0.345 e. The molecular weight excluding hydrogens is 468 g/mol. The van der Waals surface area contributed by atoms with Gasteiger partial charge in [0, 0.05) is 10.4 Å². The number of aryl methyl sites for hydroxylation is 1. The first kappa shape index (κ1) is 22.5. The number of hydrogen-bond acceptors (Lipinski definition) is 5. The summed E-state index contributed by atoms with van der Waals surface area (Å²) in [7, 11) is -3.75. The molecule has 1 amide bonds. The normalized spacial score (nSPS) is 12.8. The lowest BCUT2D eigenvalue weighted by Crippen LogP contribution is -2.26. The highest BCUT2D eigenvalue weighted by Gasteiger charge is 2.19. The molecular formula is C22H21ClN4O3S2. The van der Waals surface area contributed by atoms with Gasteiger partial charge in [0.25, 0.3) is 5.91 Å². The molecule has 166 valence electrons. The molecule has 0 aliphatic heterocycles. The number of amides is 1. The minimum absolute atomic E-state index is 0.0324. The summed E-state index contributed by atoms with van der Waals surface area (Å²) in [6.07, 6.45) is 0. The lowest BCUT2D eigenvalue weighted by molar-refractivity contribution is 0.0944. The average Bonchev–Trinajstić information content (AvgIpc) is 3.30.